The van der Waals surface area contributed by atoms with Crippen LogP contribution in [0.15, 0.2) is 90.8 Å². The van der Waals surface area contributed by atoms with E-state index in [2.05, 4.69) is 59.6 Å². The van der Waals surface area contributed by atoms with Crippen LogP contribution in [-0.4, -0.2) is 104 Å². The number of aromatic nitrogens is 4. The summed E-state index contributed by atoms with van der Waals surface area (Å²) in [5.74, 6) is -0.678. The molecule has 5 aromatic rings. The van der Waals surface area contributed by atoms with Gasteiger partial charge in [-0.1, -0.05) is 51.6 Å². The van der Waals surface area contributed by atoms with Crippen LogP contribution in [-0.2, 0) is 20.9 Å². The molecule has 7 rings (SSSR count). The zero-order chi connectivity index (χ0) is 46.5. The highest BCUT2D eigenvalue weighted by Gasteiger charge is 2.43. The number of anilines is 2. The van der Waals surface area contributed by atoms with Gasteiger partial charge in [0.15, 0.2) is 0 Å². The number of β-amino-alcohol motifs (C(OH)–C–C–N with tert-alkyl or cyclic N) is 1. The van der Waals surface area contributed by atoms with Crippen molar-refractivity contribution in [1.29, 1.82) is 0 Å². The first kappa shape index (κ1) is 47.0. The van der Waals surface area contributed by atoms with Gasteiger partial charge >= 0.3 is 5.57 Å². The molecule has 19 heteroatoms. The molecular formula is C46H52ClF2N9O6S. The number of alkyl halides is 3. The third kappa shape index (κ3) is 12.0. The van der Waals surface area contributed by atoms with Crippen LogP contribution in [0.5, 0.6) is 5.75 Å². The number of hydrogen-bond donors (Lipinski definition) is 5. The fraction of sp³-hybridized carbons (Fsp3) is 0.391. The van der Waals surface area contributed by atoms with E-state index in [1.54, 1.807) is 34.6 Å². The van der Waals surface area contributed by atoms with Crippen LogP contribution in [0.4, 0.5) is 20.3 Å². The number of aliphatic hydroxyl groups is 1. The molecule has 3 aromatic heterocycles. The number of pyridine rings is 1. The van der Waals surface area contributed by atoms with Crippen molar-refractivity contribution in [3.05, 3.63) is 108 Å². The number of carbonyl (C=O) groups excluding carboxylic acids is 3. The van der Waals surface area contributed by atoms with Crippen molar-refractivity contribution in [2.24, 2.45) is 5.41 Å². The SMILES string of the molecule is C=C(NCc1ccc(-c2scnc2C)cc1)[C@@H]1C[C@@H](O)CN1C(=O)[C@@H](NC(=O)CCO[C@H]1CCN(c2ncc(C(=O)Nc3ccc(OC(F)(F)Cl)cc3)cc2-c2ccn[nH]2)C1)C(C)(C)C. The van der Waals surface area contributed by atoms with E-state index >= 15 is 0 Å². The minimum atomic E-state index is -3.86. The number of amides is 3. The van der Waals surface area contributed by atoms with Gasteiger partial charge in [-0.25, -0.2) is 9.97 Å². The first-order chi connectivity index (χ1) is 30.9. The lowest BCUT2D eigenvalue weighted by Crippen LogP contribution is -2.56. The molecule has 2 aliphatic heterocycles. The molecule has 4 atom stereocenters. The van der Waals surface area contributed by atoms with E-state index in [-0.39, 0.29) is 48.8 Å². The monoisotopic (exact) mass is 931 g/mol. The Morgan fingerprint density at radius 3 is 2.49 bits per heavy atom. The number of aryl methyl sites for hydroxylation is 1. The summed E-state index contributed by atoms with van der Waals surface area (Å²) in [5.41, 5.74) is 2.91. The van der Waals surface area contributed by atoms with Crippen LogP contribution in [0.2, 0.25) is 0 Å². The van der Waals surface area contributed by atoms with Crippen LogP contribution in [0.25, 0.3) is 21.7 Å². The Morgan fingerprint density at radius 1 is 1.08 bits per heavy atom. The number of likely N-dealkylation sites (tertiary alicyclic amines) is 1. The molecule has 2 fully saturated rings. The van der Waals surface area contributed by atoms with Gasteiger partial charge in [-0.3, -0.25) is 19.5 Å². The maximum atomic E-state index is 14.2. The number of halogens is 3. The van der Waals surface area contributed by atoms with E-state index in [0.717, 1.165) is 21.7 Å². The second-order valence-corrected chi connectivity index (χ2v) is 18.5. The third-order valence-corrected chi connectivity index (χ3v) is 12.3. The van der Waals surface area contributed by atoms with Crippen molar-refractivity contribution < 1.29 is 37.7 Å². The quantitative estimate of drug-likeness (QED) is 0.0599. The Morgan fingerprint density at radius 2 is 1.83 bits per heavy atom. The highest BCUT2D eigenvalue weighted by molar-refractivity contribution is 7.13. The Bertz CT molecular complexity index is 2460. The fourth-order valence-corrected chi connectivity index (χ4v) is 8.78. The van der Waals surface area contributed by atoms with E-state index < -0.39 is 35.1 Å². The van der Waals surface area contributed by atoms with Crippen LogP contribution >= 0.6 is 22.9 Å². The van der Waals surface area contributed by atoms with Gasteiger partial charge in [-0.15, -0.1) is 20.1 Å². The first-order valence-corrected chi connectivity index (χ1v) is 22.4. The highest BCUT2D eigenvalue weighted by Crippen LogP contribution is 2.33. The molecule has 2 aromatic carbocycles. The molecule has 2 saturated heterocycles. The van der Waals surface area contributed by atoms with E-state index in [9.17, 15) is 28.3 Å². The number of ether oxygens (including phenoxy) is 2. The number of aromatic amines is 1. The van der Waals surface area contributed by atoms with Crippen LogP contribution in [0.1, 0.15) is 61.6 Å². The van der Waals surface area contributed by atoms with Gasteiger partial charge in [0.25, 0.3) is 5.91 Å². The van der Waals surface area contributed by atoms with Gasteiger partial charge in [0, 0.05) is 80.0 Å². The van der Waals surface area contributed by atoms with Crippen molar-refractivity contribution in [3.63, 3.8) is 0 Å². The van der Waals surface area contributed by atoms with Crippen LogP contribution < -0.4 is 25.6 Å². The summed E-state index contributed by atoms with van der Waals surface area (Å²) in [6.45, 7) is 13.7. The summed E-state index contributed by atoms with van der Waals surface area (Å²) in [6, 6.07) is 15.6. The standard InChI is InChI=1S/C46H52ClF2N9O6S/c1-27(50-22-29-6-8-30(9-7-29)40-28(2)52-26-65-40)38-21-33(59)24-58(38)44(62)41(45(3,4)5)55-39(60)16-19-63-35-15-18-57(25-35)42-36(37-14-17-53-56-37)20-31(23-51-42)43(61)54-32-10-12-34(13-11-32)64-46(47,48)49/h6-14,17,20,23,26,33,35,38,41,50,59H,1,15-16,18-19,21-22,24-25H2,2-5H3,(H,53,56)(H,54,61)(H,55,60)/t33-,35+,38+,41-/m1/s1. The average molecular weight is 932 g/mol. The second-order valence-electron chi connectivity index (χ2n) is 17.2. The van der Waals surface area contributed by atoms with Gasteiger partial charge in [-0.2, -0.15) is 5.10 Å². The molecule has 0 spiro atoms. The molecule has 15 nitrogen and oxygen atoms in total. The molecule has 5 N–H and O–H groups in total. The largest absolute Gasteiger partial charge is 0.487 e. The molecule has 0 saturated carbocycles. The normalized spacial score (nSPS) is 18.1. The minimum Gasteiger partial charge on any atom is -0.420 e. The Balaban J connectivity index is 0.913. The molecular weight excluding hydrogens is 880 g/mol. The fourth-order valence-electron chi connectivity index (χ4n) is 7.88. The van der Waals surface area contributed by atoms with Crippen molar-refractivity contribution in [2.45, 2.75) is 83.4 Å². The van der Waals surface area contributed by atoms with Crippen LogP contribution in [0, 0.1) is 12.3 Å². The lowest BCUT2D eigenvalue weighted by atomic mass is 9.85. The van der Waals surface area contributed by atoms with E-state index in [1.165, 1.54) is 30.5 Å². The van der Waals surface area contributed by atoms with E-state index in [0.29, 0.717) is 60.9 Å². The Kier molecular flexibility index (Phi) is 14.5. The number of thiazole rings is 1. The van der Waals surface area contributed by atoms with Gasteiger partial charge < -0.3 is 40.3 Å². The predicted molar refractivity (Wildman–Crippen MR) is 245 cm³/mol. The summed E-state index contributed by atoms with van der Waals surface area (Å²) in [5, 5.41) is 26.8. The zero-order valence-corrected chi connectivity index (χ0v) is 38.0. The van der Waals surface area contributed by atoms with Crippen molar-refractivity contribution in [1.82, 2.24) is 35.7 Å². The number of nitrogens with one attached hydrogen (secondary N) is 4. The molecule has 0 bridgehead atoms. The number of benzene rings is 2. The van der Waals surface area contributed by atoms with Gasteiger partial charge in [0.2, 0.25) is 11.8 Å². The molecule has 0 aliphatic carbocycles. The van der Waals surface area contributed by atoms with Gasteiger partial charge in [0.1, 0.15) is 17.6 Å². The van der Waals surface area contributed by atoms with Gasteiger partial charge in [0.05, 0.1) is 52.2 Å². The predicted octanol–water partition coefficient (Wildman–Crippen LogP) is 7.11. The van der Waals surface area contributed by atoms with Crippen molar-refractivity contribution >= 4 is 52.2 Å². The minimum absolute atomic E-state index is 0.0222. The highest BCUT2D eigenvalue weighted by atomic mass is 35.5. The number of hydrogen-bond acceptors (Lipinski definition) is 12. The van der Waals surface area contributed by atoms with Crippen molar-refractivity contribution in [2.75, 3.05) is 36.5 Å². The topological polar surface area (TPSA) is 187 Å². The van der Waals surface area contributed by atoms with Crippen LogP contribution in [0.3, 0.4) is 0 Å². The summed E-state index contributed by atoms with van der Waals surface area (Å²) in [4.78, 5) is 54.7. The van der Waals surface area contributed by atoms with E-state index in [4.69, 9.17) is 16.3 Å². The summed E-state index contributed by atoms with van der Waals surface area (Å²) < 4.78 is 36.5. The summed E-state index contributed by atoms with van der Waals surface area (Å²) in [6.07, 6.45) is 3.08. The molecule has 5 heterocycles. The molecule has 0 radical (unpaired) electrons. The number of aliphatic hydroxyl groups excluding tert-OH is 1. The lowest BCUT2D eigenvalue weighted by molar-refractivity contribution is -0.140. The molecule has 3 amide bonds. The molecule has 344 valence electrons. The number of rotatable bonds is 17. The summed E-state index contributed by atoms with van der Waals surface area (Å²) >= 11 is 6.44. The van der Waals surface area contributed by atoms with E-state index in [1.807, 2.05) is 50.2 Å². The number of nitrogens with zero attached hydrogens (tertiary/aromatic N) is 5. The zero-order valence-electron chi connectivity index (χ0n) is 36.4. The summed E-state index contributed by atoms with van der Waals surface area (Å²) in [7, 11) is 0. The second kappa shape index (κ2) is 20.1. The molecule has 2 aliphatic rings. The number of H-pyrrole nitrogens is 1. The molecule has 0 unspecified atom stereocenters. The molecule has 65 heavy (non-hydrogen) atoms. The number of carbonyl (C=O) groups is 3. The smallest absolute Gasteiger partial charge is 0.420 e. The Labute approximate surface area is 384 Å². The third-order valence-electron chi connectivity index (χ3n) is 11.3. The Hall–Kier alpha value is -5.95. The van der Waals surface area contributed by atoms with Crippen molar-refractivity contribution in [3.8, 4) is 27.4 Å². The maximum absolute atomic E-state index is 14.2. The van der Waals surface area contributed by atoms with Gasteiger partial charge in [-0.05, 0) is 66.3 Å². The maximum Gasteiger partial charge on any atom is 0.487 e. The lowest BCUT2D eigenvalue weighted by Gasteiger charge is -2.36. The first-order valence-electron chi connectivity index (χ1n) is 21.2. The average Bonchev–Trinajstić information content (AvgIpc) is 4.10.